The Morgan fingerprint density at radius 2 is 0.772 bits per heavy atom. The average molecular weight is 771 g/mol. The van der Waals surface area contributed by atoms with E-state index >= 15 is 0 Å². The van der Waals surface area contributed by atoms with Crippen LogP contribution in [0.3, 0.4) is 0 Å². The number of carbonyl (C=O) groups is 3. The first-order valence-corrected chi connectivity index (χ1v) is 19.7. The molecule has 5 rings (SSSR count). The van der Waals surface area contributed by atoms with Crippen LogP contribution in [-0.4, -0.2) is 31.1 Å². The fourth-order valence-electron chi connectivity index (χ4n) is 5.59. The maximum atomic E-state index is 12.9. The molecule has 0 aliphatic rings. The monoisotopic (exact) mass is 770 g/mol. The zero-order valence-corrected chi connectivity index (χ0v) is 32.7. The molecule has 0 heterocycles. The Kier molecular flexibility index (Phi) is 16.8. The number of azo groups is 1. The van der Waals surface area contributed by atoms with Gasteiger partial charge in [-0.1, -0.05) is 71.3 Å². The van der Waals surface area contributed by atoms with Crippen LogP contribution >= 0.6 is 0 Å². The Morgan fingerprint density at radius 3 is 1.26 bits per heavy atom. The highest BCUT2D eigenvalue weighted by molar-refractivity contribution is 5.93. The first-order valence-electron chi connectivity index (χ1n) is 19.7. The van der Waals surface area contributed by atoms with E-state index in [0.717, 1.165) is 31.4 Å². The highest BCUT2D eigenvalue weighted by Crippen LogP contribution is 2.25. The summed E-state index contributed by atoms with van der Waals surface area (Å²) >= 11 is 0. The first kappa shape index (κ1) is 41.9. The highest BCUT2D eigenvalue weighted by Gasteiger charge is 2.14. The largest absolute Gasteiger partial charge is 0.494 e. The normalized spacial score (nSPS) is 10.9. The molecule has 0 aliphatic carbocycles. The van der Waals surface area contributed by atoms with Crippen molar-refractivity contribution in [3.63, 3.8) is 0 Å². The molecule has 0 radical (unpaired) electrons. The summed E-state index contributed by atoms with van der Waals surface area (Å²) in [6.45, 7) is 5.66. The maximum absolute atomic E-state index is 12.9. The van der Waals surface area contributed by atoms with Crippen molar-refractivity contribution in [2.75, 3.05) is 13.2 Å². The van der Waals surface area contributed by atoms with Gasteiger partial charge in [-0.2, -0.15) is 10.2 Å². The van der Waals surface area contributed by atoms with Crippen molar-refractivity contribution in [1.29, 1.82) is 0 Å². The number of nitrogens with zero attached hydrogens (tertiary/aromatic N) is 2. The summed E-state index contributed by atoms with van der Waals surface area (Å²) in [5, 5.41) is 8.48. The van der Waals surface area contributed by atoms with Gasteiger partial charge in [0.1, 0.15) is 28.7 Å². The molecule has 5 aromatic rings. The van der Waals surface area contributed by atoms with E-state index in [0.29, 0.717) is 41.5 Å². The number of unbranched alkanes of at least 4 members (excludes halogenated alkanes) is 8. The zero-order valence-electron chi connectivity index (χ0n) is 32.7. The van der Waals surface area contributed by atoms with Crippen LogP contribution in [0.15, 0.2) is 132 Å². The van der Waals surface area contributed by atoms with Gasteiger partial charge in [-0.3, -0.25) is 0 Å². The Morgan fingerprint density at radius 1 is 0.404 bits per heavy atom. The third kappa shape index (κ3) is 14.4. The van der Waals surface area contributed by atoms with E-state index in [9.17, 15) is 14.4 Å². The predicted octanol–water partition coefficient (Wildman–Crippen LogP) is 12.5. The molecule has 0 fully saturated rings. The molecular formula is C47H50N2O8. The lowest BCUT2D eigenvalue weighted by Crippen LogP contribution is -2.11. The van der Waals surface area contributed by atoms with Gasteiger partial charge in [-0.05, 0) is 122 Å². The van der Waals surface area contributed by atoms with E-state index in [1.807, 2.05) is 24.3 Å². The number of rotatable bonds is 22. The number of hydrogen-bond donors (Lipinski definition) is 0. The van der Waals surface area contributed by atoms with Crippen molar-refractivity contribution in [1.82, 2.24) is 0 Å². The topological polar surface area (TPSA) is 122 Å². The summed E-state index contributed by atoms with van der Waals surface area (Å²) in [5.41, 5.74) is 2.16. The molecule has 0 atom stereocenters. The molecule has 10 heteroatoms. The summed E-state index contributed by atoms with van der Waals surface area (Å²) in [5.74, 6) is 0.388. The molecule has 5 aromatic carbocycles. The van der Waals surface area contributed by atoms with Crippen LogP contribution < -0.4 is 23.7 Å². The van der Waals surface area contributed by atoms with Crippen molar-refractivity contribution in [3.8, 4) is 28.7 Å². The number of carbonyl (C=O) groups excluding carboxylic acids is 3. The maximum Gasteiger partial charge on any atom is 0.343 e. The average Bonchev–Trinajstić information content (AvgIpc) is 3.23. The molecule has 10 nitrogen and oxygen atoms in total. The van der Waals surface area contributed by atoms with Crippen molar-refractivity contribution >= 4 is 29.3 Å². The van der Waals surface area contributed by atoms with E-state index in [1.165, 1.54) is 68.9 Å². The predicted molar refractivity (Wildman–Crippen MR) is 220 cm³/mol. The van der Waals surface area contributed by atoms with E-state index in [-0.39, 0.29) is 22.8 Å². The zero-order chi connectivity index (χ0) is 40.1. The summed E-state index contributed by atoms with van der Waals surface area (Å²) in [6.07, 6.45) is 11.9. The summed E-state index contributed by atoms with van der Waals surface area (Å²) in [6, 6.07) is 33.0. The van der Waals surface area contributed by atoms with Crippen LogP contribution in [0.1, 0.15) is 109 Å². The number of esters is 3. The molecule has 57 heavy (non-hydrogen) atoms. The first-order chi connectivity index (χ1) is 27.9. The Balaban J connectivity index is 1.04. The van der Waals surface area contributed by atoms with Gasteiger partial charge < -0.3 is 23.7 Å². The van der Waals surface area contributed by atoms with E-state index in [4.69, 9.17) is 23.7 Å². The molecule has 0 saturated heterocycles. The SMILES string of the molecule is CCCCCCCCCCOc1ccc(C(=O)Oc2cccc(OC(=O)c3ccc(OC(=O)c4ccc(N=Nc5ccc(OCCCC)cc5)cc4)cc3)c2)cc1. The van der Waals surface area contributed by atoms with E-state index in [1.54, 1.807) is 66.7 Å². The molecule has 0 aromatic heterocycles. The lowest BCUT2D eigenvalue weighted by atomic mass is 10.1. The highest BCUT2D eigenvalue weighted by atomic mass is 16.5. The third-order valence-corrected chi connectivity index (χ3v) is 8.87. The second kappa shape index (κ2) is 22.9. The fourth-order valence-corrected chi connectivity index (χ4v) is 5.59. The van der Waals surface area contributed by atoms with Crippen LogP contribution in [0.25, 0.3) is 0 Å². The Hall–Kier alpha value is -6.29. The van der Waals surface area contributed by atoms with Crippen LogP contribution in [0, 0.1) is 0 Å². The van der Waals surface area contributed by atoms with Gasteiger partial charge in [0.25, 0.3) is 0 Å². The minimum Gasteiger partial charge on any atom is -0.494 e. The second-order valence-electron chi connectivity index (χ2n) is 13.5. The van der Waals surface area contributed by atoms with Crippen molar-refractivity contribution in [2.45, 2.75) is 78.1 Å². The third-order valence-electron chi connectivity index (χ3n) is 8.87. The number of ether oxygens (including phenoxy) is 5. The van der Waals surface area contributed by atoms with Crippen LogP contribution in [0.2, 0.25) is 0 Å². The molecule has 0 aliphatic heterocycles. The molecule has 0 N–H and O–H groups in total. The molecule has 0 spiro atoms. The molecule has 0 bridgehead atoms. The molecule has 0 amide bonds. The summed E-state index contributed by atoms with van der Waals surface area (Å²) in [7, 11) is 0. The summed E-state index contributed by atoms with van der Waals surface area (Å²) < 4.78 is 28.1. The number of benzene rings is 5. The van der Waals surface area contributed by atoms with Gasteiger partial charge in [0.05, 0.1) is 41.3 Å². The lowest BCUT2D eigenvalue weighted by Gasteiger charge is -2.09. The van der Waals surface area contributed by atoms with Gasteiger partial charge in [0.15, 0.2) is 0 Å². The van der Waals surface area contributed by atoms with Crippen molar-refractivity contribution in [2.24, 2.45) is 10.2 Å². The van der Waals surface area contributed by atoms with Gasteiger partial charge in [-0.25, -0.2) is 14.4 Å². The smallest absolute Gasteiger partial charge is 0.343 e. The van der Waals surface area contributed by atoms with Gasteiger partial charge in [-0.15, -0.1) is 0 Å². The second-order valence-corrected chi connectivity index (χ2v) is 13.5. The molecular weight excluding hydrogens is 721 g/mol. The quantitative estimate of drug-likeness (QED) is 0.0295. The van der Waals surface area contributed by atoms with Crippen LogP contribution in [0.4, 0.5) is 11.4 Å². The van der Waals surface area contributed by atoms with Gasteiger partial charge in [0.2, 0.25) is 0 Å². The van der Waals surface area contributed by atoms with Gasteiger partial charge in [0, 0.05) is 6.07 Å². The van der Waals surface area contributed by atoms with E-state index in [2.05, 4.69) is 24.1 Å². The standard InChI is InChI=1S/C47H50N2O8/c1-3-5-7-8-9-10-11-12-33-54-40-26-18-36(19-27-40)46(51)56-43-14-13-15-44(34-43)57-47(52)37-20-28-42(29-21-37)55-45(50)35-16-22-38(23-17-35)48-49-39-24-30-41(31-25-39)53-32-6-4-2/h13-31,34H,3-12,32-33H2,1-2H3. The summed E-state index contributed by atoms with van der Waals surface area (Å²) in [4.78, 5) is 38.5. The Labute approximate surface area is 334 Å². The molecule has 296 valence electrons. The fraction of sp³-hybridized carbons (Fsp3) is 0.298. The van der Waals surface area contributed by atoms with Gasteiger partial charge >= 0.3 is 17.9 Å². The van der Waals surface area contributed by atoms with Crippen molar-refractivity contribution in [3.05, 3.63) is 138 Å². The van der Waals surface area contributed by atoms with Crippen molar-refractivity contribution < 1.29 is 38.1 Å². The minimum absolute atomic E-state index is 0.193. The number of hydrogen-bond acceptors (Lipinski definition) is 10. The van der Waals surface area contributed by atoms with E-state index < -0.39 is 17.9 Å². The van der Waals surface area contributed by atoms with Crippen LogP contribution in [-0.2, 0) is 0 Å². The lowest BCUT2D eigenvalue weighted by molar-refractivity contribution is 0.0723. The molecule has 0 unspecified atom stereocenters. The minimum atomic E-state index is -0.639. The molecule has 0 saturated carbocycles. The Bertz CT molecular complexity index is 2030. The van der Waals surface area contributed by atoms with Crippen LogP contribution in [0.5, 0.6) is 28.7 Å².